The Morgan fingerprint density at radius 1 is 1.08 bits per heavy atom. The van der Waals surface area contributed by atoms with Crippen LogP contribution in [0.4, 0.5) is 0 Å². The number of nitrogens with zero attached hydrogens (tertiary/aromatic N) is 2. The fourth-order valence-corrected chi connectivity index (χ4v) is 3.82. The second-order valence-electron chi connectivity index (χ2n) is 7.67. The lowest BCUT2D eigenvalue weighted by molar-refractivity contribution is -0.147. The molecule has 0 N–H and O–H groups in total. The molecule has 1 aromatic carbocycles. The Morgan fingerprint density at radius 3 is 2.04 bits per heavy atom. The maximum absolute atomic E-state index is 13.3. The van der Waals surface area contributed by atoms with Crippen LogP contribution in [-0.2, 0) is 9.53 Å². The third-order valence-electron chi connectivity index (χ3n) is 4.85. The van der Waals surface area contributed by atoms with Gasteiger partial charge in [-0.05, 0) is 38.3 Å². The Bertz CT molecular complexity index is 685. The lowest BCUT2D eigenvalue weighted by Gasteiger charge is -2.38. The second kappa shape index (κ2) is 7.19. The summed E-state index contributed by atoms with van der Waals surface area (Å²) in [6.45, 7) is 8.78. The molecule has 1 saturated heterocycles. The van der Waals surface area contributed by atoms with Gasteiger partial charge in [0.2, 0.25) is 5.91 Å². The number of amides is 3. The predicted octanol–water partition coefficient (Wildman–Crippen LogP) is 2.33. The first-order valence-corrected chi connectivity index (χ1v) is 9.20. The van der Waals surface area contributed by atoms with Crippen molar-refractivity contribution in [3.8, 4) is 0 Å². The van der Waals surface area contributed by atoms with Gasteiger partial charge in [-0.2, -0.15) is 0 Å². The minimum absolute atomic E-state index is 0.0652. The third-order valence-corrected chi connectivity index (χ3v) is 4.85. The molecule has 3 amide bonds. The van der Waals surface area contributed by atoms with Gasteiger partial charge < -0.3 is 9.64 Å². The van der Waals surface area contributed by atoms with E-state index in [4.69, 9.17) is 4.74 Å². The van der Waals surface area contributed by atoms with Crippen LogP contribution in [0.1, 0.15) is 54.8 Å². The summed E-state index contributed by atoms with van der Waals surface area (Å²) in [6.07, 6.45) is 0.318. The van der Waals surface area contributed by atoms with Crippen molar-refractivity contribution in [1.82, 2.24) is 9.80 Å². The van der Waals surface area contributed by atoms with Crippen LogP contribution in [0.25, 0.3) is 0 Å². The molecule has 0 bridgehead atoms. The summed E-state index contributed by atoms with van der Waals surface area (Å²) in [5.41, 5.74) is 0.755. The Balaban J connectivity index is 1.91. The zero-order chi connectivity index (χ0) is 19.0. The van der Waals surface area contributed by atoms with Gasteiger partial charge in [0, 0.05) is 13.1 Å². The predicted molar refractivity (Wildman–Crippen MR) is 96.8 cm³/mol. The average Bonchev–Trinajstić information content (AvgIpc) is 2.83. The molecule has 6 heteroatoms. The normalized spacial score (nSPS) is 24.2. The number of rotatable bonds is 4. The maximum Gasteiger partial charge on any atom is 0.262 e. The van der Waals surface area contributed by atoms with Crippen molar-refractivity contribution in [2.45, 2.75) is 52.4 Å². The molecule has 0 radical (unpaired) electrons. The van der Waals surface area contributed by atoms with Crippen LogP contribution >= 0.6 is 0 Å². The summed E-state index contributed by atoms with van der Waals surface area (Å²) in [4.78, 5) is 41.9. The van der Waals surface area contributed by atoms with Gasteiger partial charge in [0.15, 0.2) is 0 Å². The third kappa shape index (κ3) is 3.38. The Labute approximate surface area is 154 Å². The first-order valence-electron chi connectivity index (χ1n) is 9.20. The Morgan fingerprint density at radius 2 is 1.58 bits per heavy atom. The Hall–Kier alpha value is -2.21. The highest BCUT2D eigenvalue weighted by Gasteiger charge is 2.44. The van der Waals surface area contributed by atoms with Gasteiger partial charge >= 0.3 is 0 Å². The standard InChI is InChI=1S/C20H26N2O4/c1-12(2)9-17(20(25)21-10-13(3)26-14(4)11-21)22-18(23)15-7-5-6-8-16(15)19(22)24/h5-8,12-14,17H,9-11H2,1-4H3. The molecule has 2 heterocycles. The van der Waals surface area contributed by atoms with E-state index in [0.29, 0.717) is 30.6 Å². The zero-order valence-corrected chi connectivity index (χ0v) is 15.8. The smallest absolute Gasteiger partial charge is 0.262 e. The molecule has 0 saturated carbocycles. The largest absolute Gasteiger partial charge is 0.372 e. The van der Waals surface area contributed by atoms with Crippen molar-refractivity contribution >= 4 is 17.7 Å². The number of morpholine rings is 1. The fraction of sp³-hybridized carbons (Fsp3) is 0.550. The summed E-state index contributed by atoms with van der Waals surface area (Å²) in [7, 11) is 0. The van der Waals surface area contributed by atoms with Gasteiger partial charge in [0.25, 0.3) is 11.8 Å². The molecule has 3 rings (SSSR count). The Kier molecular flexibility index (Phi) is 5.14. The van der Waals surface area contributed by atoms with E-state index in [9.17, 15) is 14.4 Å². The van der Waals surface area contributed by atoms with Gasteiger partial charge in [-0.3, -0.25) is 19.3 Å². The second-order valence-corrected chi connectivity index (χ2v) is 7.67. The maximum atomic E-state index is 13.3. The number of ether oxygens (including phenoxy) is 1. The molecular formula is C20H26N2O4. The van der Waals surface area contributed by atoms with Crippen LogP contribution in [0.3, 0.4) is 0 Å². The van der Waals surface area contributed by atoms with Gasteiger partial charge in [0.1, 0.15) is 6.04 Å². The molecule has 0 spiro atoms. The van der Waals surface area contributed by atoms with Crippen molar-refractivity contribution in [1.29, 1.82) is 0 Å². The molecule has 6 nitrogen and oxygen atoms in total. The average molecular weight is 358 g/mol. The van der Waals surface area contributed by atoms with E-state index in [1.54, 1.807) is 29.2 Å². The van der Waals surface area contributed by atoms with E-state index in [1.165, 1.54) is 0 Å². The number of hydrogen-bond acceptors (Lipinski definition) is 4. The van der Waals surface area contributed by atoms with E-state index < -0.39 is 6.04 Å². The lowest BCUT2D eigenvalue weighted by Crippen LogP contribution is -2.56. The minimum Gasteiger partial charge on any atom is -0.372 e. The van der Waals surface area contributed by atoms with E-state index in [0.717, 1.165) is 4.90 Å². The number of benzene rings is 1. The fourth-order valence-electron chi connectivity index (χ4n) is 3.82. The first kappa shape index (κ1) is 18.6. The number of imide groups is 1. The minimum atomic E-state index is -0.778. The summed E-state index contributed by atoms with van der Waals surface area (Å²) < 4.78 is 5.70. The van der Waals surface area contributed by atoms with E-state index in [2.05, 4.69) is 0 Å². The molecule has 140 valence electrons. The number of carbonyl (C=O) groups is 3. The van der Waals surface area contributed by atoms with Gasteiger partial charge in [-0.1, -0.05) is 26.0 Å². The summed E-state index contributed by atoms with van der Waals surface area (Å²) in [6, 6.07) is 5.98. The van der Waals surface area contributed by atoms with Gasteiger partial charge in [-0.15, -0.1) is 0 Å². The van der Waals surface area contributed by atoms with Crippen LogP contribution in [0.5, 0.6) is 0 Å². The molecule has 1 fully saturated rings. The molecule has 0 aliphatic carbocycles. The zero-order valence-electron chi connectivity index (χ0n) is 15.8. The highest BCUT2D eigenvalue weighted by atomic mass is 16.5. The highest BCUT2D eigenvalue weighted by molar-refractivity contribution is 6.22. The van der Waals surface area contributed by atoms with Crippen molar-refractivity contribution in [3.05, 3.63) is 35.4 Å². The van der Waals surface area contributed by atoms with E-state index >= 15 is 0 Å². The monoisotopic (exact) mass is 358 g/mol. The van der Waals surface area contributed by atoms with E-state index in [-0.39, 0.29) is 35.8 Å². The molecular weight excluding hydrogens is 332 g/mol. The van der Waals surface area contributed by atoms with Gasteiger partial charge in [0.05, 0.1) is 23.3 Å². The summed E-state index contributed by atoms with van der Waals surface area (Å²) in [5.74, 6) is -0.753. The molecule has 2 aliphatic heterocycles. The molecule has 26 heavy (non-hydrogen) atoms. The topological polar surface area (TPSA) is 66.9 Å². The summed E-state index contributed by atoms with van der Waals surface area (Å²) >= 11 is 0. The summed E-state index contributed by atoms with van der Waals surface area (Å²) in [5, 5.41) is 0. The first-order chi connectivity index (χ1) is 12.3. The molecule has 3 atom stereocenters. The molecule has 2 aliphatic rings. The van der Waals surface area contributed by atoms with Gasteiger partial charge in [-0.25, -0.2) is 0 Å². The molecule has 3 unspecified atom stereocenters. The highest BCUT2D eigenvalue weighted by Crippen LogP contribution is 2.28. The van der Waals surface area contributed by atoms with Crippen molar-refractivity contribution in [2.24, 2.45) is 5.92 Å². The van der Waals surface area contributed by atoms with Crippen molar-refractivity contribution in [2.75, 3.05) is 13.1 Å². The number of hydrogen-bond donors (Lipinski definition) is 0. The van der Waals surface area contributed by atoms with Crippen molar-refractivity contribution < 1.29 is 19.1 Å². The van der Waals surface area contributed by atoms with Crippen LogP contribution < -0.4 is 0 Å². The number of carbonyl (C=O) groups excluding carboxylic acids is 3. The lowest BCUT2D eigenvalue weighted by atomic mass is 10.0. The van der Waals surface area contributed by atoms with Crippen LogP contribution in [0.2, 0.25) is 0 Å². The van der Waals surface area contributed by atoms with Crippen LogP contribution in [0.15, 0.2) is 24.3 Å². The van der Waals surface area contributed by atoms with E-state index in [1.807, 2.05) is 27.7 Å². The van der Waals surface area contributed by atoms with Crippen molar-refractivity contribution in [3.63, 3.8) is 0 Å². The quantitative estimate of drug-likeness (QED) is 0.775. The SMILES string of the molecule is CC(C)CC(C(=O)N1CC(C)OC(C)C1)N1C(=O)c2ccccc2C1=O. The van der Waals surface area contributed by atoms with Crippen LogP contribution in [0, 0.1) is 5.92 Å². The number of fused-ring (bicyclic) bond motifs is 1. The van der Waals surface area contributed by atoms with Crippen LogP contribution in [-0.4, -0.2) is 58.9 Å². The molecule has 1 aromatic rings. The molecule has 0 aromatic heterocycles.